The van der Waals surface area contributed by atoms with Gasteiger partial charge in [0.25, 0.3) is 0 Å². The number of likely N-dealkylation sites (tertiary alicyclic amines) is 1. The van der Waals surface area contributed by atoms with Gasteiger partial charge in [0.1, 0.15) is 0 Å². The summed E-state index contributed by atoms with van der Waals surface area (Å²) in [6.07, 6.45) is 4.98. The number of hydrogen-bond donors (Lipinski definition) is 0. The van der Waals surface area contributed by atoms with Crippen LogP contribution in [0.3, 0.4) is 0 Å². The van der Waals surface area contributed by atoms with Crippen LogP contribution in [0.2, 0.25) is 0 Å². The Balaban J connectivity index is 1.44. The Hall–Kier alpha value is -2.20. The van der Waals surface area contributed by atoms with Crippen LogP contribution in [0.25, 0.3) is 0 Å². The van der Waals surface area contributed by atoms with Gasteiger partial charge in [-0.2, -0.15) is 0 Å². The molecule has 1 saturated heterocycles. The van der Waals surface area contributed by atoms with Gasteiger partial charge in [-0.05, 0) is 37.1 Å². The standard InChI is InChI=1S/C19H21N3O/c1-2-7-16(8-3-1)18-13-19(23-21-18)10-6-12-22(15-19)14-17-9-4-5-11-20-17/h1-5,7-9,11H,6,10,12-15H2. The molecule has 23 heavy (non-hydrogen) atoms. The van der Waals surface area contributed by atoms with Crippen molar-refractivity contribution >= 4 is 5.71 Å². The molecule has 1 atom stereocenters. The molecule has 4 nitrogen and oxygen atoms in total. The second-order valence-corrected chi connectivity index (χ2v) is 6.49. The molecule has 1 spiro atoms. The quantitative estimate of drug-likeness (QED) is 0.873. The highest BCUT2D eigenvalue weighted by molar-refractivity contribution is 6.01. The summed E-state index contributed by atoms with van der Waals surface area (Å²) in [7, 11) is 0. The molecule has 2 aliphatic heterocycles. The van der Waals surface area contributed by atoms with Crippen LogP contribution < -0.4 is 0 Å². The van der Waals surface area contributed by atoms with Gasteiger partial charge in [-0.25, -0.2) is 0 Å². The van der Waals surface area contributed by atoms with Crippen molar-refractivity contribution in [3.63, 3.8) is 0 Å². The van der Waals surface area contributed by atoms with Crippen molar-refractivity contribution in [3.8, 4) is 0 Å². The Morgan fingerprint density at radius 3 is 2.78 bits per heavy atom. The molecule has 0 amide bonds. The van der Waals surface area contributed by atoms with Crippen molar-refractivity contribution in [2.24, 2.45) is 5.16 Å². The first-order chi connectivity index (χ1) is 11.3. The zero-order valence-corrected chi connectivity index (χ0v) is 13.2. The van der Waals surface area contributed by atoms with E-state index in [0.29, 0.717) is 0 Å². The van der Waals surface area contributed by atoms with E-state index in [1.165, 1.54) is 5.56 Å². The van der Waals surface area contributed by atoms with E-state index in [4.69, 9.17) is 4.84 Å². The number of pyridine rings is 1. The molecule has 1 fully saturated rings. The summed E-state index contributed by atoms with van der Waals surface area (Å²) in [5.41, 5.74) is 3.21. The molecule has 0 aliphatic carbocycles. The number of benzene rings is 1. The Kier molecular flexibility index (Phi) is 3.83. The molecule has 4 rings (SSSR count). The summed E-state index contributed by atoms with van der Waals surface area (Å²) in [6.45, 7) is 2.90. The maximum absolute atomic E-state index is 5.94. The molecule has 2 aliphatic rings. The number of piperidine rings is 1. The third-order valence-electron chi connectivity index (χ3n) is 4.68. The molecule has 1 aromatic heterocycles. The van der Waals surface area contributed by atoms with Gasteiger partial charge < -0.3 is 4.84 Å². The van der Waals surface area contributed by atoms with Crippen molar-refractivity contribution in [1.29, 1.82) is 0 Å². The van der Waals surface area contributed by atoms with E-state index in [-0.39, 0.29) is 5.60 Å². The fourth-order valence-corrected chi connectivity index (χ4v) is 3.57. The summed E-state index contributed by atoms with van der Waals surface area (Å²) in [5, 5.41) is 4.40. The third-order valence-corrected chi connectivity index (χ3v) is 4.68. The zero-order chi connectivity index (χ0) is 15.5. The predicted molar refractivity (Wildman–Crippen MR) is 90.2 cm³/mol. The van der Waals surface area contributed by atoms with Crippen LogP contribution in [0.5, 0.6) is 0 Å². The van der Waals surface area contributed by atoms with Gasteiger partial charge in [0.2, 0.25) is 0 Å². The molecule has 4 heteroatoms. The van der Waals surface area contributed by atoms with E-state index in [2.05, 4.69) is 45.4 Å². The SMILES string of the molecule is c1ccc(C2=NOC3(CCCN(Cc4ccccn4)C3)C2)cc1. The monoisotopic (exact) mass is 307 g/mol. The van der Waals surface area contributed by atoms with E-state index >= 15 is 0 Å². The molecule has 0 radical (unpaired) electrons. The average molecular weight is 307 g/mol. The maximum Gasteiger partial charge on any atom is 0.156 e. The van der Waals surface area contributed by atoms with E-state index < -0.39 is 0 Å². The summed E-state index contributed by atoms with van der Waals surface area (Å²) < 4.78 is 0. The number of aromatic nitrogens is 1. The largest absolute Gasteiger partial charge is 0.387 e. The first-order valence-corrected chi connectivity index (χ1v) is 8.26. The normalized spacial score (nSPS) is 24.4. The van der Waals surface area contributed by atoms with Crippen LogP contribution >= 0.6 is 0 Å². The van der Waals surface area contributed by atoms with Gasteiger partial charge in [-0.1, -0.05) is 41.6 Å². The minimum absolute atomic E-state index is 0.155. The van der Waals surface area contributed by atoms with Gasteiger partial charge in [0.15, 0.2) is 5.60 Å². The molecule has 1 aromatic carbocycles. The molecule has 0 bridgehead atoms. The fourth-order valence-electron chi connectivity index (χ4n) is 3.57. The molecule has 0 N–H and O–H groups in total. The van der Waals surface area contributed by atoms with Gasteiger partial charge in [-0.3, -0.25) is 9.88 Å². The smallest absolute Gasteiger partial charge is 0.156 e. The first-order valence-electron chi connectivity index (χ1n) is 8.26. The second kappa shape index (κ2) is 6.13. The number of hydrogen-bond acceptors (Lipinski definition) is 4. The molecular formula is C19H21N3O. The Bertz CT molecular complexity index is 686. The topological polar surface area (TPSA) is 37.7 Å². The molecular weight excluding hydrogens is 286 g/mol. The average Bonchev–Trinajstić information content (AvgIpc) is 3.00. The molecule has 1 unspecified atom stereocenters. The van der Waals surface area contributed by atoms with Crippen LogP contribution in [0, 0.1) is 0 Å². The zero-order valence-electron chi connectivity index (χ0n) is 13.2. The van der Waals surface area contributed by atoms with Crippen LogP contribution in [0.1, 0.15) is 30.5 Å². The fraction of sp³-hybridized carbons (Fsp3) is 0.368. The Morgan fingerprint density at radius 1 is 1.09 bits per heavy atom. The number of oxime groups is 1. The Labute approximate surface area is 136 Å². The van der Waals surface area contributed by atoms with Crippen LogP contribution in [0.15, 0.2) is 59.9 Å². The summed E-state index contributed by atoms with van der Waals surface area (Å²) in [4.78, 5) is 12.8. The van der Waals surface area contributed by atoms with Gasteiger partial charge in [0, 0.05) is 25.7 Å². The van der Waals surface area contributed by atoms with Crippen LogP contribution in [0.4, 0.5) is 0 Å². The highest BCUT2D eigenvalue weighted by Crippen LogP contribution is 2.35. The molecule has 0 saturated carbocycles. The molecule has 3 heterocycles. The van der Waals surface area contributed by atoms with E-state index in [1.54, 1.807) is 0 Å². The second-order valence-electron chi connectivity index (χ2n) is 6.49. The number of nitrogens with zero attached hydrogens (tertiary/aromatic N) is 3. The minimum Gasteiger partial charge on any atom is -0.387 e. The summed E-state index contributed by atoms with van der Waals surface area (Å²) >= 11 is 0. The van der Waals surface area contributed by atoms with E-state index in [9.17, 15) is 0 Å². The van der Waals surface area contributed by atoms with Gasteiger partial charge in [0.05, 0.1) is 11.4 Å². The lowest BCUT2D eigenvalue weighted by Crippen LogP contribution is -2.48. The lowest BCUT2D eigenvalue weighted by Gasteiger charge is -2.38. The highest BCUT2D eigenvalue weighted by Gasteiger charge is 2.43. The van der Waals surface area contributed by atoms with Crippen molar-refractivity contribution < 1.29 is 4.84 Å². The van der Waals surface area contributed by atoms with Crippen molar-refractivity contribution in [2.75, 3.05) is 13.1 Å². The van der Waals surface area contributed by atoms with Crippen LogP contribution in [-0.2, 0) is 11.4 Å². The number of rotatable bonds is 3. The van der Waals surface area contributed by atoms with Crippen molar-refractivity contribution in [3.05, 3.63) is 66.0 Å². The maximum atomic E-state index is 5.94. The lowest BCUT2D eigenvalue weighted by molar-refractivity contribution is -0.0706. The van der Waals surface area contributed by atoms with E-state index in [1.807, 2.05) is 24.4 Å². The lowest BCUT2D eigenvalue weighted by atomic mass is 9.86. The first kappa shape index (κ1) is 14.4. The molecule has 2 aromatic rings. The van der Waals surface area contributed by atoms with Crippen molar-refractivity contribution in [2.45, 2.75) is 31.4 Å². The van der Waals surface area contributed by atoms with Gasteiger partial charge >= 0.3 is 0 Å². The molecule has 118 valence electrons. The van der Waals surface area contributed by atoms with Crippen molar-refractivity contribution in [1.82, 2.24) is 9.88 Å². The minimum atomic E-state index is -0.155. The summed E-state index contributed by atoms with van der Waals surface area (Å²) in [6, 6.07) is 16.4. The third kappa shape index (κ3) is 3.13. The predicted octanol–water partition coefficient (Wildman–Crippen LogP) is 3.24. The highest BCUT2D eigenvalue weighted by atomic mass is 16.7. The van der Waals surface area contributed by atoms with Crippen LogP contribution in [-0.4, -0.2) is 34.3 Å². The van der Waals surface area contributed by atoms with E-state index in [0.717, 1.165) is 50.3 Å². The van der Waals surface area contributed by atoms with Gasteiger partial charge in [-0.15, -0.1) is 0 Å². The summed E-state index contributed by atoms with van der Waals surface area (Å²) in [5.74, 6) is 0. The Morgan fingerprint density at radius 2 is 1.96 bits per heavy atom.